The van der Waals surface area contributed by atoms with E-state index in [1.807, 2.05) is 24.5 Å². The Morgan fingerprint density at radius 1 is 1.50 bits per heavy atom. The van der Waals surface area contributed by atoms with Crippen molar-refractivity contribution in [3.8, 4) is 5.75 Å². The molecule has 1 heterocycles. The van der Waals surface area contributed by atoms with Crippen molar-refractivity contribution in [1.29, 1.82) is 0 Å². The van der Waals surface area contributed by atoms with E-state index in [4.69, 9.17) is 16.3 Å². The van der Waals surface area contributed by atoms with Crippen molar-refractivity contribution >= 4 is 29.3 Å². The number of hydrogen-bond acceptors (Lipinski definition) is 6. The minimum absolute atomic E-state index is 0.0128. The predicted molar refractivity (Wildman–Crippen MR) is 94.8 cm³/mol. The van der Waals surface area contributed by atoms with E-state index < -0.39 is 5.97 Å². The molecule has 0 amide bonds. The zero-order valence-corrected chi connectivity index (χ0v) is 14.9. The predicted octanol–water partition coefficient (Wildman–Crippen LogP) is 2.86. The molecule has 0 saturated carbocycles. The summed E-state index contributed by atoms with van der Waals surface area (Å²) >= 11 is 7.72. The Morgan fingerprint density at radius 2 is 2.29 bits per heavy atom. The maximum absolute atomic E-state index is 11.2. The van der Waals surface area contributed by atoms with Gasteiger partial charge in [-0.15, -0.1) is 11.8 Å². The highest BCUT2D eigenvalue weighted by Gasteiger charge is 2.16. The second-order valence-electron chi connectivity index (χ2n) is 4.97. The van der Waals surface area contributed by atoms with Crippen LogP contribution in [0.4, 0.5) is 0 Å². The number of nitrogens with zero attached hydrogens (tertiary/aromatic N) is 2. The largest absolute Gasteiger partial charge is 0.495 e. The highest BCUT2D eigenvalue weighted by atomic mass is 35.5. The summed E-state index contributed by atoms with van der Waals surface area (Å²) in [6.45, 7) is 0.600. The molecule has 0 aliphatic carbocycles. The summed E-state index contributed by atoms with van der Waals surface area (Å²) in [5, 5.41) is 13.2. The van der Waals surface area contributed by atoms with Crippen LogP contribution in [0.1, 0.15) is 21.6 Å². The number of methoxy groups -OCH3 is 1. The molecule has 0 unspecified atom stereocenters. The van der Waals surface area contributed by atoms with Crippen LogP contribution in [-0.2, 0) is 13.0 Å². The van der Waals surface area contributed by atoms with E-state index in [-0.39, 0.29) is 10.9 Å². The van der Waals surface area contributed by atoms with Crippen molar-refractivity contribution in [2.75, 3.05) is 13.4 Å². The van der Waals surface area contributed by atoms with Crippen molar-refractivity contribution in [2.24, 2.45) is 0 Å². The fourth-order valence-corrected chi connectivity index (χ4v) is 3.02. The van der Waals surface area contributed by atoms with Gasteiger partial charge in [0.2, 0.25) is 0 Å². The molecule has 8 heteroatoms. The van der Waals surface area contributed by atoms with Gasteiger partial charge in [-0.05, 0) is 24.0 Å². The Morgan fingerprint density at radius 3 is 2.92 bits per heavy atom. The second-order valence-corrected chi connectivity index (χ2v) is 6.41. The fourth-order valence-electron chi connectivity index (χ4n) is 2.16. The maximum Gasteiger partial charge on any atom is 0.339 e. The molecule has 0 radical (unpaired) electrons. The Balaban J connectivity index is 2.03. The number of carbonyl (C=O) groups is 1. The van der Waals surface area contributed by atoms with E-state index in [2.05, 4.69) is 15.3 Å². The summed E-state index contributed by atoms with van der Waals surface area (Å²) in [5.74, 6) is -0.388. The van der Waals surface area contributed by atoms with Crippen LogP contribution >= 0.6 is 23.4 Å². The summed E-state index contributed by atoms with van der Waals surface area (Å²) in [7, 11) is 1.57. The van der Waals surface area contributed by atoms with Crippen LogP contribution in [0.25, 0.3) is 0 Å². The van der Waals surface area contributed by atoms with Gasteiger partial charge in [-0.2, -0.15) is 0 Å². The zero-order chi connectivity index (χ0) is 17.5. The molecule has 1 aromatic carbocycles. The quantitative estimate of drug-likeness (QED) is 0.694. The third kappa shape index (κ3) is 4.83. The van der Waals surface area contributed by atoms with E-state index in [0.29, 0.717) is 29.4 Å². The molecular weight excluding hydrogens is 350 g/mol. The van der Waals surface area contributed by atoms with E-state index in [1.165, 1.54) is 12.5 Å². The van der Waals surface area contributed by atoms with Gasteiger partial charge in [0.05, 0.1) is 28.8 Å². The monoisotopic (exact) mass is 367 g/mol. The van der Waals surface area contributed by atoms with E-state index >= 15 is 0 Å². The van der Waals surface area contributed by atoms with Gasteiger partial charge < -0.3 is 15.2 Å². The molecule has 2 rings (SSSR count). The topological polar surface area (TPSA) is 84.3 Å². The number of aromatic carboxylic acids is 1. The third-order valence-corrected chi connectivity index (χ3v) is 4.64. The van der Waals surface area contributed by atoms with Crippen molar-refractivity contribution < 1.29 is 14.6 Å². The Hall–Kier alpha value is -1.83. The van der Waals surface area contributed by atoms with E-state index in [9.17, 15) is 9.90 Å². The SMILES string of the molecule is COc1ccc(CN[C@@H](Cc2ncncc2C(=O)O)SC)cc1Cl. The molecule has 0 fully saturated rings. The highest BCUT2D eigenvalue weighted by Crippen LogP contribution is 2.25. The average molecular weight is 368 g/mol. The van der Waals surface area contributed by atoms with Crippen LogP contribution in [-0.4, -0.2) is 39.8 Å². The number of rotatable bonds is 8. The summed E-state index contributed by atoms with van der Waals surface area (Å²) < 4.78 is 5.14. The molecular formula is C16H18ClN3O3S. The van der Waals surface area contributed by atoms with Crippen molar-refractivity contribution in [3.05, 3.63) is 52.6 Å². The Labute approximate surface area is 149 Å². The average Bonchev–Trinajstić information content (AvgIpc) is 2.58. The minimum Gasteiger partial charge on any atom is -0.495 e. The first-order chi connectivity index (χ1) is 11.5. The molecule has 1 atom stereocenters. The number of carboxylic acid groups (broad SMARTS) is 1. The number of nitrogens with one attached hydrogen (secondary N) is 1. The van der Waals surface area contributed by atoms with Gasteiger partial charge in [0.15, 0.2) is 0 Å². The maximum atomic E-state index is 11.2. The van der Waals surface area contributed by atoms with Gasteiger partial charge in [-0.25, -0.2) is 14.8 Å². The number of ether oxygens (including phenoxy) is 1. The molecule has 2 aromatic rings. The number of benzene rings is 1. The molecule has 6 nitrogen and oxygen atoms in total. The molecule has 2 N–H and O–H groups in total. The smallest absolute Gasteiger partial charge is 0.339 e. The summed E-state index contributed by atoms with van der Waals surface area (Å²) in [6, 6.07) is 5.60. The molecule has 0 spiro atoms. The van der Waals surface area contributed by atoms with Crippen LogP contribution in [0.5, 0.6) is 5.75 Å². The fraction of sp³-hybridized carbons (Fsp3) is 0.312. The first-order valence-corrected chi connectivity index (χ1v) is 8.82. The van der Waals surface area contributed by atoms with Crippen molar-refractivity contribution in [2.45, 2.75) is 18.3 Å². The highest BCUT2D eigenvalue weighted by molar-refractivity contribution is 7.99. The lowest BCUT2D eigenvalue weighted by atomic mass is 10.1. The molecule has 0 aliphatic rings. The number of hydrogen-bond donors (Lipinski definition) is 2. The van der Waals surface area contributed by atoms with Crippen LogP contribution in [0, 0.1) is 0 Å². The molecule has 128 valence electrons. The molecule has 0 bridgehead atoms. The lowest BCUT2D eigenvalue weighted by Crippen LogP contribution is -2.28. The number of thioether (sulfide) groups is 1. The lowest BCUT2D eigenvalue weighted by Gasteiger charge is -2.17. The first kappa shape index (κ1) is 18.5. The number of halogens is 1. The zero-order valence-electron chi connectivity index (χ0n) is 13.3. The minimum atomic E-state index is -1.02. The van der Waals surface area contributed by atoms with Gasteiger partial charge >= 0.3 is 5.97 Å². The van der Waals surface area contributed by atoms with Crippen molar-refractivity contribution in [3.63, 3.8) is 0 Å². The van der Waals surface area contributed by atoms with E-state index in [1.54, 1.807) is 18.9 Å². The van der Waals surface area contributed by atoms with Gasteiger partial charge in [0.1, 0.15) is 12.1 Å². The third-order valence-electron chi connectivity index (χ3n) is 3.44. The standard InChI is InChI=1S/C16H18ClN3O3S/c1-23-14-4-3-10(5-12(14)17)7-19-15(24-2)6-13-11(16(21)22)8-18-9-20-13/h3-5,8-9,15,19H,6-7H2,1-2H3,(H,21,22)/t15-/m1/s1. The van der Waals surface area contributed by atoms with E-state index in [0.717, 1.165) is 5.56 Å². The molecule has 1 aromatic heterocycles. The summed E-state index contributed by atoms with van der Waals surface area (Å²) in [6.07, 6.45) is 5.13. The van der Waals surface area contributed by atoms with Gasteiger partial charge in [0, 0.05) is 19.2 Å². The van der Waals surface area contributed by atoms with Crippen LogP contribution in [0.3, 0.4) is 0 Å². The van der Waals surface area contributed by atoms with Crippen LogP contribution in [0.15, 0.2) is 30.7 Å². The Kier molecular flexibility index (Phi) is 6.84. The number of aromatic nitrogens is 2. The molecule has 24 heavy (non-hydrogen) atoms. The molecule has 0 aliphatic heterocycles. The molecule has 0 saturated heterocycles. The van der Waals surface area contributed by atoms with Crippen molar-refractivity contribution in [1.82, 2.24) is 15.3 Å². The normalized spacial score (nSPS) is 12.0. The summed E-state index contributed by atoms with van der Waals surface area (Å²) in [4.78, 5) is 19.1. The van der Waals surface area contributed by atoms with Crippen LogP contribution < -0.4 is 10.1 Å². The number of carboxylic acids is 1. The first-order valence-electron chi connectivity index (χ1n) is 7.16. The van der Waals surface area contributed by atoms with Crippen LogP contribution in [0.2, 0.25) is 5.02 Å². The van der Waals surface area contributed by atoms with Gasteiger partial charge in [0.25, 0.3) is 0 Å². The second kappa shape index (κ2) is 8.86. The lowest BCUT2D eigenvalue weighted by molar-refractivity contribution is 0.0694. The van der Waals surface area contributed by atoms with Gasteiger partial charge in [-0.3, -0.25) is 0 Å². The summed E-state index contributed by atoms with van der Waals surface area (Å²) in [5.41, 5.74) is 1.66. The Bertz CT molecular complexity index is 715. The van der Waals surface area contributed by atoms with Gasteiger partial charge in [-0.1, -0.05) is 17.7 Å².